The zero-order valence-corrected chi connectivity index (χ0v) is 13.2. The maximum atomic E-state index is 13.6. The highest BCUT2D eigenvalue weighted by atomic mass is 32.2. The molecule has 0 spiro atoms. The summed E-state index contributed by atoms with van der Waals surface area (Å²) in [4.78, 5) is 2.38. The fourth-order valence-electron chi connectivity index (χ4n) is 2.16. The van der Waals surface area contributed by atoms with E-state index in [1.165, 1.54) is 24.3 Å². The minimum absolute atomic E-state index is 0.239. The minimum atomic E-state index is -4.27. The van der Waals surface area contributed by atoms with Gasteiger partial charge in [0.1, 0.15) is 16.5 Å². The predicted octanol–water partition coefficient (Wildman–Crippen LogP) is 4.04. The van der Waals surface area contributed by atoms with Crippen LogP contribution in [-0.2, 0) is 10.0 Å². The average Bonchev–Trinajstić information content (AvgIpc) is 3.03. The molecule has 0 saturated heterocycles. The second kappa shape index (κ2) is 6.25. The summed E-state index contributed by atoms with van der Waals surface area (Å²) in [5, 5.41) is 0. The van der Waals surface area contributed by atoms with Crippen molar-refractivity contribution in [3.8, 4) is 11.3 Å². The topological polar surface area (TPSA) is 62.0 Å². The van der Waals surface area contributed by atoms with Crippen LogP contribution in [0.15, 0.2) is 53.6 Å². The first-order valence-electron chi connectivity index (χ1n) is 6.88. The van der Waals surface area contributed by atoms with Gasteiger partial charge in [-0.15, -0.1) is 0 Å². The molecule has 2 N–H and O–H groups in total. The van der Waals surface area contributed by atoms with E-state index in [1.807, 2.05) is 4.72 Å². The Morgan fingerprint density at radius 3 is 2.32 bits per heavy atom. The summed E-state index contributed by atoms with van der Waals surface area (Å²) in [7, 11) is -4.27. The standard InChI is InChI=1S/C16H10F4N2O2S/c17-10-3-1-2-9(4-10)15-5-11(8-21-15)25(23,24)22-16-7-13(19)12(18)6-14(16)20/h1-8,21-22H. The number of nitrogens with one attached hydrogen (secondary N) is 2. The molecule has 0 radical (unpaired) electrons. The number of benzene rings is 2. The quantitative estimate of drug-likeness (QED) is 0.538. The van der Waals surface area contributed by atoms with E-state index in [0.717, 1.165) is 6.20 Å². The van der Waals surface area contributed by atoms with Crippen molar-refractivity contribution in [3.63, 3.8) is 0 Å². The first kappa shape index (κ1) is 17.0. The molecular formula is C16H10F4N2O2S. The molecule has 9 heteroatoms. The fraction of sp³-hybridized carbons (Fsp3) is 0. The molecule has 3 rings (SSSR count). The Morgan fingerprint density at radius 1 is 0.880 bits per heavy atom. The van der Waals surface area contributed by atoms with Gasteiger partial charge >= 0.3 is 0 Å². The van der Waals surface area contributed by atoms with E-state index in [4.69, 9.17) is 0 Å². The van der Waals surface area contributed by atoms with Gasteiger partial charge in [-0.2, -0.15) is 0 Å². The molecule has 4 nitrogen and oxygen atoms in total. The van der Waals surface area contributed by atoms with Gasteiger partial charge in [0, 0.05) is 29.6 Å². The Morgan fingerprint density at radius 2 is 1.60 bits per heavy atom. The van der Waals surface area contributed by atoms with Gasteiger partial charge < -0.3 is 4.98 Å². The number of halogens is 4. The lowest BCUT2D eigenvalue weighted by Crippen LogP contribution is -2.13. The number of aromatic amines is 1. The normalized spacial score (nSPS) is 11.5. The van der Waals surface area contributed by atoms with Crippen LogP contribution in [-0.4, -0.2) is 13.4 Å². The molecule has 0 fully saturated rings. The zero-order valence-electron chi connectivity index (χ0n) is 12.4. The molecule has 0 saturated carbocycles. The molecule has 0 unspecified atom stereocenters. The van der Waals surface area contributed by atoms with Crippen LogP contribution in [0.5, 0.6) is 0 Å². The van der Waals surface area contributed by atoms with E-state index < -0.39 is 39.0 Å². The van der Waals surface area contributed by atoms with E-state index in [9.17, 15) is 26.0 Å². The van der Waals surface area contributed by atoms with Crippen LogP contribution in [0.4, 0.5) is 23.2 Å². The number of hydrogen-bond acceptors (Lipinski definition) is 2. The van der Waals surface area contributed by atoms with E-state index in [-0.39, 0.29) is 11.0 Å². The SMILES string of the molecule is O=S(=O)(Nc1cc(F)c(F)cc1F)c1c[nH]c(-c2cccc(F)c2)c1. The monoisotopic (exact) mass is 370 g/mol. The van der Waals surface area contributed by atoms with Crippen LogP contribution < -0.4 is 4.72 Å². The number of aromatic nitrogens is 1. The van der Waals surface area contributed by atoms with Crippen LogP contribution in [0.1, 0.15) is 0 Å². The van der Waals surface area contributed by atoms with E-state index in [2.05, 4.69) is 4.98 Å². The van der Waals surface area contributed by atoms with Gasteiger partial charge in [0.25, 0.3) is 10.0 Å². The fourth-order valence-corrected chi connectivity index (χ4v) is 3.21. The van der Waals surface area contributed by atoms with E-state index in [1.54, 1.807) is 6.07 Å². The van der Waals surface area contributed by atoms with Gasteiger partial charge in [-0.05, 0) is 18.2 Å². The Bertz CT molecular complexity index is 1050. The molecule has 0 bridgehead atoms. The van der Waals surface area contributed by atoms with Crippen molar-refractivity contribution in [2.24, 2.45) is 0 Å². The summed E-state index contributed by atoms with van der Waals surface area (Å²) in [6.45, 7) is 0. The van der Waals surface area contributed by atoms with Crippen LogP contribution in [0.3, 0.4) is 0 Å². The molecule has 0 aliphatic carbocycles. The predicted molar refractivity (Wildman–Crippen MR) is 83.3 cm³/mol. The lowest BCUT2D eigenvalue weighted by atomic mass is 10.1. The highest BCUT2D eigenvalue weighted by Crippen LogP contribution is 2.25. The number of H-pyrrole nitrogens is 1. The summed E-state index contributed by atoms with van der Waals surface area (Å²) >= 11 is 0. The summed E-state index contributed by atoms with van der Waals surface area (Å²) < 4.78 is 79.3. The molecule has 0 aliphatic heterocycles. The van der Waals surface area contributed by atoms with Crippen molar-refractivity contribution in [2.45, 2.75) is 4.90 Å². The first-order valence-corrected chi connectivity index (χ1v) is 8.36. The lowest BCUT2D eigenvalue weighted by Gasteiger charge is -2.08. The largest absolute Gasteiger partial charge is 0.360 e. The van der Waals surface area contributed by atoms with Crippen molar-refractivity contribution < 1.29 is 26.0 Å². The van der Waals surface area contributed by atoms with Crippen LogP contribution in [0.2, 0.25) is 0 Å². The Labute approximate surface area is 140 Å². The van der Waals surface area contributed by atoms with Gasteiger partial charge in [-0.3, -0.25) is 4.72 Å². The summed E-state index contributed by atoms with van der Waals surface area (Å²) in [6.07, 6.45) is 1.11. The van der Waals surface area contributed by atoms with Crippen LogP contribution >= 0.6 is 0 Å². The van der Waals surface area contributed by atoms with Gasteiger partial charge in [0.05, 0.1) is 5.69 Å². The molecule has 2 aromatic carbocycles. The molecular weight excluding hydrogens is 360 g/mol. The van der Waals surface area contributed by atoms with Crippen molar-refractivity contribution in [3.05, 3.63) is 71.9 Å². The first-order chi connectivity index (χ1) is 11.8. The van der Waals surface area contributed by atoms with Crippen LogP contribution in [0, 0.1) is 23.3 Å². The molecule has 130 valence electrons. The number of hydrogen-bond donors (Lipinski definition) is 2. The molecule has 0 aliphatic rings. The molecule has 3 aromatic rings. The second-order valence-corrected chi connectivity index (χ2v) is 6.79. The molecule has 25 heavy (non-hydrogen) atoms. The Hall–Kier alpha value is -2.81. The lowest BCUT2D eigenvalue weighted by molar-refractivity contribution is 0.496. The molecule has 0 amide bonds. The van der Waals surface area contributed by atoms with Gasteiger partial charge in [-0.25, -0.2) is 26.0 Å². The average molecular weight is 370 g/mol. The van der Waals surface area contributed by atoms with Gasteiger partial charge in [0.2, 0.25) is 0 Å². The molecule has 0 atom stereocenters. The number of sulfonamides is 1. The Balaban J connectivity index is 1.93. The van der Waals surface area contributed by atoms with Gasteiger partial charge in [0.15, 0.2) is 11.6 Å². The maximum Gasteiger partial charge on any atom is 0.263 e. The maximum absolute atomic E-state index is 13.6. The van der Waals surface area contributed by atoms with E-state index >= 15 is 0 Å². The summed E-state index contributed by atoms with van der Waals surface area (Å²) in [5.41, 5.74) is -0.0153. The second-order valence-electron chi connectivity index (χ2n) is 5.11. The zero-order chi connectivity index (χ0) is 18.2. The third-order valence-corrected chi connectivity index (χ3v) is 4.70. The highest BCUT2D eigenvalue weighted by Gasteiger charge is 2.20. The summed E-state index contributed by atoms with van der Waals surface area (Å²) in [5.74, 6) is -4.59. The minimum Gasteiger partial charge on any atom is -0.360 e. The van der Waals surface area contributed by atoms with Gasteiger partial charge in [-0.1, -0.05) is 12.1 Å². The summed E-state index contributed by atoms with van der Waals surface area (Å²) in [6, 6.07) is 7.30. The van der Waals surface area contributed by atoms with Crippen molar-refractivity contribution in [1.82, 2.24) is 4.98 Å². The van der Waals surface area contributed by atoms with Crippen molar-refractivity contribution in [2.75, 3.05) is 4.72 Å². The number of anilines is 1. The third kappa shape index (κ3) is 3.50. The van der Waals surface area contributed by atoms with Crippen molar-refractivity contribution >= 4 is 15.7 Å². The molecule has 1 heterocycles. The van der Waals surface area contributed by atoms with E-state index in [0.29, 0.717) is 17.3 Å². The van der Waals surface area contributed by atoms with Crippen LogP contribution in [0.25, 0.3) is 11.3 Å². The Kier molecular flexibility index (Phi) is 4.25. The molecule has 1 aromatic heterocycles. The van der Waals surface area contributed by atoms with Crippen molar-refractivity contribution in [1.29, 1.82) is 0 Å². The highest BCUT2D eigenvalue weighted by molar-refractivity contribution is 7.92. The smallest absolute Gasteiger partial charge is 0.263 e. The number of rotatable bonds is 4. The third-order valence-electron chi connectivity index (χ3n) is 3.36.